The van der Waals surface area contributed by atoms with Gasteiger partial charge in [0.25, 0.3) is 0 Å². The number of aryl methyl sites for hydroxylation is 2. The van der Waals surface area contributed by atoms with Gasteiger partial charge in [0.2, 0.25) is 0 Å². The number of anilines is 3. The zero-order valence-corrected chi connectivity index (χ0v) is 47.5. The summed E-state index contributed by atoms with van der Waals surface area (Å²) in [6, 6.07) is 69.9. The second-order valence-electron chi connectivity index (χ2n) is 20.9. The number of aromatic nitrogens is 5. The zero-order chi connectivity index (χ0) is 54.1. The molecule has 0 aliphatic heterocycles. The molecule has 13 aromatic rings. The van der Waals surface area contributed by atoms with E-state index in [1.54, 1.807) is 12.1 Å². The van der Waals surface area contributed by atoms with E-state index in [0.717, 1.165) is 68.0 Å². The summed E-state index contributed by atoms with van der Waals surface area (Å²) in [6.45, 7) is 6.61. The van der Waals surface area contributed by atoms with Crippen molar-refractivity contribution in [1.29, 1.82) is 0 Å². The van der Waals surface area contributed by atoms with E-state index in [1.807, 2.05) is 18.3 Å². The number of carbonyl (C=O) groups is 1. The summed E-state index contributed by atoms with van der Waals surface area (Å²) in [5, 5.41) is 14.7. The molecular formula is C70H60N6O2SSe. The molecule has 80 heavy (non-hydrogen) atoms. The number of para-hydroxylation sites is 2. The Bertz CT molecular complexity index is 4190. The molecule has 0 saturated carbocycles. The van der Waals surface area contributed by atoms with Gasteiger partial charge in [0, 0.05) is 56.7 Å². The molecule has 0 radical (unpaired) electrons. The zero-order valence-electron chi connectivity index (χ0n) is 45.0. The molecule has 13 rings (SSSR count). The standard InChI is InChI=1S/C70H60N6O2SSe/c1-3-5-7-13-41-74-62-17-11-9-15-57(62)60-43-51(29-39-64(60)74)46-23-31-53(32-24-46)76(54-33-25-47(26-34-54)52-30-40-65-61(44-52)58-16-10-12-18-63(58)75(65)42-14-8-6-4-2)55-35-27-49(28-36-55)66-45-71-69(80-66)59-38-37-56(67-68(59)73-79-72-67)48-19-21-50(22-20-48)70(77)78/h9-12,15-40,43-45H,3-8,13-14,41-42H2,1-2H3,(H,77,78). The molecule has 1 N–H and O–H groups in total. The number of nitrogens with zero attached hydrogens (tertiary/aromatic N) is 6. The number of fused-ring (bicyclic) bond motifs is 7. The summed E-state index contributed by atoms with van der Waals surface area (Å²) in [7, 11) is 0. The van der Waals surface area contributed by atoms with Crippen LogP contribution in [0.5, 0.6) is 0 Å². The average Bonchev–Trinajstić information content (AvgIpc) is 4.51. The van der Waals surface area contributed by atoms with Crippen LogP contribution in [0.4, 0.5) is 17.1 Å². The van der Waals surface area contributed by atoms with Crippen LogP contribution >= 0.6 is 11.7 Å². The van der Waals surface area contributed by atoms with E-state index < -0.39 is 5.97 Å². The molecule has 0 bridgehead atoms. The number of carboxylic acid groups (broad SMARTS) is 1. The van der Waals surface area contributed by atoms with Gasteiger partial charge >= 0.3 is 288 Å². The number of carboxylic acids is 1. The SMILES string of the molecule is CCCCCCn1c2ccccc2c2cc(-c3ccc(N(c4ccc(-c5ccc6c(c5)c5ccccc5n6CCCCCC)cc4)c4ccc(-c5cnc(-c6ccc(-c7ccc(C(=O)O)cc7)c7nsnc67)[se]5)cc4)cc3)ccc21. The number of aromatic carboxylic acids is 1. The molecule has 394 valence electrons. The molecule has 4 aromatic heterocycles. The van der Waals surface area contributed by atoms with E-state index in [-0.39, 0.29) is 20.1 Å². The first-order valence-electron chi connectivity index (χ1n) is 28.1. The van der Waals surface area contributed by atoms with Crippen molar-refractivity contribution in [2.24, 2.45) is 0 Å². The van der Waals surface area contributed by atoms with E-state index in [0.29, 0.717) is 0 Å². The smallest absolute Gasteiger partial charge is 0.0371 e. The Morgan fingerprint density at radius 3 is 1.44 bits per heavy atom. The van der Waals surface area contributed by atoms with E-state index in [1.165, 1.54) is 133 Å². The summed E-state index contributed by atoms with van der Waals surface area (Å²) in [4.78, 5) is 18.9. The Morgan fingerprint density at radius 1 is 0.475 bits per heavy atom. The summed E-state index contributed by atoms with van der Waals surface area (Å²) >= 11 is 1.11. The Labute approximate surface area is 476 Å². The van der Waals surface area contributed by atoms with Crippen molar-refractivity contribution in [3.63, 3.8) is 0 Å². The van der Waals surface area contributed by atoms with Crippen molar-refractivity contribution < 1.29 is 9.90 Å². The van der Waals surface area contributed by atoms with Gasteiger partial charge in [0.05, 0.1) is 0 Å². The minimum Gasteiger partial charge on any atom is -0.0371 e. The van der Waals surface area contributed by atoms with Crippen molar-refractivity contribution in [2.45, 2.75) is 78.3 Å². The normalized spacial score (nSPS) is 11.7. The molecular weight excluding hydrogens is 1070 g/mol. The van der Waals surface area contributed by atoms with E-state index in [2.05, 4.69) is 202 Å². The van der Waals surface area contributed by atoms with Crippen molar-refractivity contribution >= 4 is 104 Å². The molecule has 0 fully saturated rings. The number of hydrogen-bond acceptors (Lipinski definition) is 6. The Kier molecular flexibility index (Phi) is 14.3. The van der Waals surface area contributed by atoms with Gasteiger partial charge in [-0.05, 0) is 37.1 Å². The molecule has 0 unspecified atom stereocenters. The number of unbranched alkanes of at least 4 members (excludes halogenated alkanes) is 6. The summed E-state index contributed by atoms with van der Waals surface area (Å²) < 4.78 is 16.7. The van der Waals surface area contributed by atoms with Crippen LogP contribution in [-0.4, -0.2) is 48.4 Å². The van der Waals surface area contributed by atoms with Gasteiger partial charge < -0.3 is 9.13 Å². The molecule has 0 atom stereocenters. The van der Waals surface area contributed by atoms with Crippen molar-refractivity contribution in [2.75, 3.05) is 4.90 Å². The van der Waals surface area contributed by atoms with Crippen molar-refractivity contribution in [1.82, 2.24) is 22.9 Å². The number of rotatable bonds is 19. The predicted octanol–water partition coefficient (Wildman–Crippen LogP) is 19.0. The fourth-order valence-corrected chi connectivity index (χ4v) is 14.3. The Balaban J connectivity index is 0.828. The molecule has 9 aromatic carbocycles. The number of hydrogen-bond donors (Lipinski definition) is 1. The summed E-state index contributed by atoms with van der Waals surface area (Å²) in [5.74, 6) is -0.949. The van der Waals surface area contributed by atoms with E-state index >= 15 is 0 Å². The van der Waals surface area contributed by atoms with Gasteiger partial charge in [0.15, 0.2) is 0 Å². The van der Waals surface area contributed by atoms with E-state index in [4.69, 9.17) is 9.36 Å². The molecule has 0 aliphatic rings. The van der Waals surface area contributed by atoms with Crippen molar-refractivity contribution in [3.8, 4) is 53.5 Å². The second kappa shape index (κ2) is 22.4. The van der Waals surface area contributed by atoms with Crippen LogP contribution in [-0.2, 0) is 13.1 Å². The minimum atomic E-state index is -0.949. The monoisotopic (exact) mass is 1130 g/mol. The molecule has 8 nitrogen and oxygen atoms in total. The van der Waals surface area contributed by atoms with Gasteiger partial charge in [-0.25, -0.2) is 0 Å². The maximum atomic E-state index is 11.5. The molecule has 0 aliphatic carbocycles. The first-order valence-corrected chi connectivity index (χ1v) is 30.6. The molecule has 10 heteroatoms. The van der Waals surface area contributed by atoms with Crippen LogP contribution in [0.3, 0.4) is 0 Å². The third kappa shape index (κ3) is 9.72. The first-order chi connectivity index (χ1) is 39.4. The third-order valence-electron chi connectivity index (χ3n) is 15.9. The Morgan fingerprint density at radius 2 is 0.925 bits per heavy atom. The van der Waals surface area contributed by atoms with Crippen molar-refractivity contribution in [3.05, 3.63) is 206 Å². The molecule has 0 amide bonds. The van der Waals surface area contributed by atoms with Crippen LogP contribution in [0.15, 0.2) is 200 Å². The summed E-state index contributed by atoms with van der Waals surface area (Å²) in [6.07, 6.45) is 11.9. The van der Waals surface area contributed by atoms with Gasteiger partial charge in [-0.3, -0.25) is 0 Å². The molecule has 0 spiro atoms. The van der Waals surface area contributed by atoms with Gasteiger partial charge in [0.1, 0.15) is 0 Å². The van der Waals surface area contributed by atoms with E-state index in [9.17, 15) is 9.90 Å². The Hall–Kier alpha value is -8.40. The fourth-order valence-electron chi connectivity index (χ4n) is 11.8. The van der Waals surface area contributed by atoms with Crippen LogP contribution < -0.4 is 4.90 Å². The first kappa shape index (κ1) is 51.1. The van der Waals surface area contributed by atoms with Crippen LogP contribution in [0.25, 0.3) is 108 Å². The molecule has 0 saturated heterocycles. The van der Waals surface area contributed by atoms with Crippen LogP contribution in [0, 0.1) is 0 Å². The number of benzene rings is 9. The van der Waals surface area contributed by atoms with Crippen LogP contribution in [0.2, 0.25) is 0 Å². The topological polar surface area (TPSA) is 89.1 Å². The summed E-state index contributed by atoms with van der Waals surface area (Å²) in [5.41, 5.74) is 19.0. The van der Waals surface area contributed by atoms with Crippen LogP contribution in [0.1, 0.15) is 75.6 Å². The minimum absolute atomic E-state index is 0.0762. The average molecular weight is 1130 g/mol. The second-order valence-corrected chi connectivity index (χ2v) is 23.6. The third-order valence-corrected chi connectivity index (χ3v) is 18.7. The maximum absolute atomic E-state index is 11.5. The van der Waals surface area contributed by atoms with Gasteiger partial charge in [-0.1, -0.05) is 88.8 Å². The molecule has 4 heterocycles. The quantitative estimate of drug-likeness (QED) is 0.0641. The van der Waals surface area contributed by atoms with Gasteiger partial charge in [-0.2, -0.15) is 0 Å². The fraction of sp³-hybridized carbons (Fsp3) is 0.171. The predicted molar refractivity (Wildman–Crippen MR) is 335 cm³/mol. The van der Waals surface area contributed by atoms with Gasteiger partial charge in [-0.15, -0.1) is 0 Å².